The maximum absolute atomic E-state index is 12.5. The molecule has 0 N–H and O–H groups in total. The normalized spacial score (nSPS) is 16.8. The van der Waals surface area contributed by atoms with Crippen LogP contribution in [-0.2, 0) is 4.79 Å². The van der Waals surface area contributed by atoms with E-state index in [0.717, 1.165) is 22.7 Å². The molecule has 0 unspecified atom stereocenters. The van der Waals surface area contributed by atoms with Gasteiger partial charge in [-0.1, -0.05) is 24.8 Å². The predicted octanol–water partition coefficient (Wildman–Crippen LogP) is 4.49. The number of nitrogens with zero attached hydrogens (tertiary/aromatic N) is 2. The van der Waals surface area contributed by atoms with Crippen molar-refractivity contribution in [2.45, 2.75) is 0 Å². The molecule has 0 radical (unpaired) electrons. The van der Waals surface area contributed by atoms with Gasteiger partial charge in [-0.05, 0) is 59.8 Å². The van der Waals surface area contributed by atoms with Crippen molar-refractivity contribution in [3.05, 3.63) is 71.7 Å². The van der Waals surface area contributed by atoms with E-state index >= 15 is 0 Å². The lowest BCUT2D eigenvalue weighted by atomic mass is 10.2. The molecule has 1 aliphatic heterocycles. The van der Waals surface area contributed by atoms with Gasteiger partial charge in [0.1, 0.15) is 18.1 Å². The van der Waals surface area contributed by atoms with E-state index in [1.54, 1.807) is 25.1 Å². The fourth-order valence-corrected chi connectivity index (χ4v) is 3.37. The summed E-state index contributed by atoms with van der Waals surface area (Å²) in [6.07, 6.45) is 3.56. The molecular weight excluding hydrogens is 360 g/mol. The number of rotatable bonds is 6. The summed E-state index contributed by atoms with van der Waals surface area (Å²) in [6, 6.07) is 15.0. The molecule has 1 amide bonds. The van der Waals surface area contributed by atoms with Crippen molar-refractivity contribution >= 4 is 34.6 Å². The van der Waals surface area contributed by atoms with Crippen molar-refractivity contribution in [1.29, 1.82) is 0 Å². The number of ether oxygens (including phenoxy) is 2. The maximum Gasteiger partial charge on any atom is 0.266 e. The number of carbonyl (C=O) groups is 1. The number of amidine groups is 1. The van der Waals surface area contributed by atoms with Crippen molar-refractivity contribution < 1.29 is 14.3 Å². The lowest BCUT2D eigenvalue weighted by Gasteiger charge is -2.07. The topological polar surface area (TPSA) is 51.1 Å². The first-order valence-corrected chi connectivity index (χ1v) is 9.16. The fourth-order valence-electron chi connectivity index (χ4n) is 2.39. The fraction of sp³-hybridized carbons (Fsp3) is 0.143. The number of carbonyl (C=O) groups excluding carboxylic acids is 1. The zero-order chi connectivity index (χ0) is 19.2. The molecule has 1 saturated heterocycles. The van der Waals surface area contributed by atoms with E-state index in [2.05, 4.69) is 11.6 Å². The van der Waals surface area contributed by atoms with Gasteiger partial charge in [0.15, 0.2) is 5.17 Å². The molecule has 0 saturated carbocycles. The number of aliphatic imine (C=N–C) groups is 1. The second-order valence-corrected chi connectivity index (χ2v) is 6.75. The molecule has 1 heterocycles. The number of benzene rings is 2. The summed E-state index contributed by atoms with van der Waals surface area (Å²) in [5, 5.41) is 0.641. The van der Waals surface area contributed by atoms with E-state index in [0.29, 0.717) is 16.7 Å². The van der Waals surface area contributed by atoms with Gasteiger partial charge in [0.25, 0.3) is 5.91 Å². The molecule has 27 heavy (non-hydrogen) atoms. The number of thioether (sulfide) groups is 1. The van der Waals surface area contributed by atoms with Crippen molar-refractivity contribution in [3.63, 3.8) is 0 Å². The van der Waals surface area contributed by atoms with Gasteiger partial charge in [-0.15, -0.1) is 0 Å². The Bertz CT molecular complexity index is 887. The molecule has 0 aromatic heterocycles. The number of hydrogen-bond acceptors (Lipinski definition) is 5. The third-order valence-corrected chi connectivity index (χ3v) is 4.91. The lowest BCUT2D eigenvalue weighted by Crippen LogP contribution is -2.23. The van der Waals surface area contributed by atoms with Gasteiger partial charge in [-0.25, -0.2) is 4.99 Å². The van der Waals surface area contributed by atoms with Crippen LogP contribution in [0.15, 0.2) is 71.1 Å². The quantitative estimate of drug-likeness (QED) is 0.547. The summed E-state index contributed by atoms with van der Waals surface area (Å²) in [7, 11) is 3.35. The van der Waals surface area contributed by atoms with Crippen molar-refractivity contribution in [1.82, 2.24) is 4.90 Å². The van der Waals surface area contributed by atoms with Crippen molar-refractivity contribution in [3.8, 4) is 11.5 Å². The van der Waals surface area contributed by atoms with Crippen LogP contribution < -0.4 is 9.47 Å². The molecule has 5 nitrogen and oxygen atoms in total. The molecule has 0 spiro atoms. The van der Waals surface area contributed by atoms with Crippen LogP contribution in [-0.4, -0.2) is 36.7 Å². The molecule has 1 aliphatic rings. The van der Waals surface area contributed by atoms with Gasteiger partial charge in [-0.2, -0.15) is 0 Å². The van der Waals surface area contributed by atoms with Crippen LogP contribution >= 0.6 is 11.8 Å². The minimum absolute atomic E-state index is 0.0701. The Morgan fingerprint density at radius 3 is 2.41 bits per heavy atom. The van der Waals surface area contributed by atoms with E-state index < -0.39 is 0 Å². The summed E-state index contributed by atoms with van der Waals surface area (Å²) in [4.78, 5) is 19.3. The van der Waals surface area contributed by atoms with Gasteiger partial charge >= 0.3 is 0 Å². The van der Waals surface area contributed by atoms with E-state index in [1.807, 2.05) is 54.6 Å². The SMILES string of the molecule is C=CCOc1ccc(/C=C2/SC(=Nc3ccc(OC)cc3)N(C)C2=O)cc1. The van der Waals surface area contributed by atoms with E-state index in [9.17, 15) is 4.79 Å². The van der Waals surface area contributed by atoms with Gasteiger partial charge < -0.3 is 9.47 Å². The molecule has 2 aromatic carbocycles. The average molecular weight is 380 g/mol. The summed E-state index contributed by atoms with van der Waals surface area (Å²) >= 11 is 1.36. The third kappa shape index (κ3) is 4.60. The Morgan fingerprint density at radius 2 is 1.78 bits per heavy atom. The molecule has 2 aromatic rings. The molecule has 3 rings (SSSR count). The highest BCUT2D eigenvalue weighted by Gasteiger charge is 2.30. The zero-order valence-corrected chi connectivity index (χ0v) is 16.0. The van der Waals surface area contributed by atoms with Crippen LogP contribution in [0.4, 0.5) is 5.69 Å². The van der Waals surface area contributed by atoms with E-state index in [1.165, 1.54) is 11.8 Å². The molecule has 138 valence electrons. The molecule has 0 atom stereocenters. The van der Waals surface area contributed by atoms with Crippen molar-refractivity contribution in [2.24, 2.45) is 4.99 Å². The summed E-state index contributed by atoms with van der Waals surface area (Å²) < 4.78 is 10.6. The second kappa shape index (κ2) is 8.60. The van der Waals surface area contributed by atoms with Gasteiger partial charge in [0.05, 0.1) is 17.7 Å². The van der Waals surface area contributed by atoms with Crippen LogP contribution in [0.2, 0.25) is 0 Å². The van der Waals surface area contributed by atoms with Gasteiger partial charge in [0.2, 0.25) is 0 Å². The summed E-state index contributed by atoms with van der Waals surface area (Å²) in [6.45, 7) is 4.09. The lowest BCUT2D eigenvalue weighted by molar-refractivity contribution is -0.121. The Kier molecular flexibility index (Phi) is 5.98. The summed E-state index contributed by atoms with van der Waals surface area (Å²) in [5.74, 6) is 1.46. The van der Waals surface area contributed by atoms with Crippen LogP contribution in [0.25, 0.3) is 6.08 Å². The Balaban J connectivity index is 1.77. The first-order valence-electron chi connectivity index (χ1n) is 8.35. The van der Waals surface area contributed by atoms with Gasteiger partial charge in [-0.3, -0.25) is 9.69 Å². The van der Waals surface area contributed by atoms with Crippen LogP contribution in [0, 0.1) is 0 Å². The van der Waals surface area contributed by atoms with Crippen LogP contribution in [0.5, 0.6) is 11.5 Å². The standard InChI is InChI=1S/C21H20N2O3S/c1-4-13-26-18-9-5-15(6-10-18)14-19-20(24)23(2)21(27-19)22-16-7-11-17(25-3)12-8-16/h4-12,14H,1,13H2,2-3H3/b19-14+,22-21?. The van der Waals surface area contributed by atoms with Gasteiger partial charge in [0, 0.05) is 7.05 Å². The highest BCUT2D eigenvalue weighted by molar-refractivity contribution is 8.18. The Morgan fingerprint density at radius 1 is 1.11 bits per heavy atom. The minimum Gasteiger partial charge on any atom is -0.497 e. The molecule has 6 heteroatoms. The second-order valence-electron chi connectivity index (χ2n) is 5.74. The third-order valence-electron chi connectivity index (χ3n) is 3.85. The molecular formula is C21H20N2O3S. The monoisotopic (exact) mass is 380 g/mol. The molecule has 0 bridgehead atoms. The number of hydrogen-bond donors (Lipinski definition) is 0. The largest absolute Gasteiger partial charge is 0.497 e. The number of methoxy groups -OCH3 is 1. The molecule has 1 fully saturated rings. The van der Waals surface area contributed by atoms with E-state index in [-0.39, 0.29) is 5.91 Å². The summed E-state index contributed by atoms with van der Waals surface area (Å²) in [5.41, 5.74) is 1.69. The van der Waals surface area contributed by atoms with Crippen LogP contribution in [0.1, 0.15) is 5.56 Å². The van der Waals surface area contributed by atoms with Crippen LogP contribution in [0.3, 0.4) is 0 Å². The maximum atomic E-state index is 12.5. The Labute approximate surface area is 163 Å². The predicted molar refractivity (Wildman–Crippen MR) is 111 cm³/mol. The number of amides is 1. The minimum atomic E-state index is -0.0701. The Hall–Kier alpha value is -2.99. The highest BCUT2D eigenvalue weighted by atomic mass is 32.2. The van der Waals surface area contributed by atoms with Crippen molar-refractivity contribution in [2.75, 3.05) is 20.8 Å². The average Bonchev–Trinajstić information content (AvgIpc) is 2.96. The first-order chi connectivity index (χ1) is 13.1. The highest BCUT2D eigenvalue weighted by Crippen LogP contribution is 2.33. The first kappa shape index (κ1) is 18.8. The number of likely N-dealkylation sites (N-methyl/N-ethyl adjacent to an activating group) is 1. The van der Waals surface area contributed by atoms with E-state index in [4.69, 9.17) is 9.47 Å². The zero-order valence-electron chi connectivity index (χ0n) is 15.2. The smallest absolute Gasteiger partial charge is 0.266 e. The molecule has 0 aliphatic carbocycles.